The van der Waals surface area contributed by atoms with Crippen LogP contribution >= 0.6 is 0 Å². The van der Waals surface area contributed by atoms with Gasteiger partial charge >= 0.3 is 0 Å². The molecule has 1 amide bonds. The summed E-state index contributed by atoms with van der Waals surface area (Å²) in [5.74, 6) is 1.03. The molecule has 0 spiro atoms. The monoisotopic (exact) mass is 408 g/mol. The van der Waals surface area contributed by atoms with E-state index >= 15 is 0 Å². The molecule has 2 saturated heterocycles. The van der Waals surface area contributed by atoms with E-state index in [0.29, 0.717) is 44.2 Å². The number of morpholine rings is 1. The van der Waals surface area contributed by atoms with Crippen LogP contribution in [0.1, 0.15) is 11.1 Å². The predicted octanol–water partition coefficient (Wildman–Crippen LogP) is 1.06. The van der Waals surface area contributed by atoms with E-state index in [1.807, 2.05) is 41.3 Å². The van der Waals surface area contributed by atoms with Crippen LogP contribution in [-0.2, 0) is 9.53 Å². The minimum atomic E-state index is 0.181. The Hall–Kier alpha value is -2.97. The third-order valence-electron chi connectivity index (χ3n) is 5.68. The molecule has 30 heavy (non-hydrogen) atoms. The van der Waals surface area contributed by atoms with E-state index in [1.54, 1.807) is 6.20 Å². The summed E-state index contributed by atoms with van der Waals surface area (Å²) in [6, 6.07) is 11.2. The molecule has 2 aromatic rings. The summed E-state index contributed by atoms with van der Waals surface area (Å²) >= 11 is 0. The molecule has 8 nitrogen and oxygen atoms in total. The second kappa shape index (κ2) is 9.23. The van der Waals surface area contributed by atoms with Gasteiger partial charge < -0.3 is 20.3 Å². The van der Waals surface area contributed by atoms with Crippen molar-refractivity contribution in [1.82, 2.24) is 14.8 Å². The van der Waals surface area contributed by atoms with Gasteiger partial charge in [-0.25, -0.2) is 4.98 Å². The molecule has 3 N–H and O–H groups in total. The number of piperazine rings is 1. The van der Waals surface area contributed by atoms with Gasteiger partial charge in [0.25, 0.3) is 0 Å². The first-order chi connectivity index (χ1) is 14.6. The summed E-state index contributed by atoms with van der Waals surface area (Å²) in [7, 11) is 0. The van der Waals surface area contributed by atoms with Gasteiger partial charge in [-0.15, -0.1) is 0 Å². The fourth-order valence-corrected chi connectivity index (χ4v) is 3.87. The van der Waals surface area contributed by atoms with E-state index in [4.69, 9.17) is 15.9 Å². The van der Waals surface area contributed by atoms with Crippen LogP contribution in [0.2, 0.25) is 0 Å². The van der Waals surface area contributed by atoms with Crippen LogP contribution in [0.15, 0.2) is 42.6 Å². The highest BCUT2D eigenvalue weighted by Crippen LogP contribution is 2.20. The van der Waals surface area contributed by atoms with E-state index < -0.39 is 0 Å². The molecule has 3 heterocycles. The molecule has 0 bridgehead atoms. The molecule has 0 radical (unpaired) electrons. The SMILES string of the molecule is N=C(c1ccnc(N2CCN(CC(=O)N3CCOCC3)CC2)c1)c1ccccc1N. The number of carbonyl (C=O) groups excluding carboxylic acids is 1. The third-order valence-corrected chi connectivity index (χ3v) is 5.68. The summed E-state index contributed by atoms with van der Waals surface area (Å²) in [6.45, 7) is 6.31. The number of carbonyl (C=O) groups is 1. The second-order valence-corrected chi connectivity index (χ2v) is 7.62. The molecule has 158 valence electrons. The highest BCUT2D eigenvalue weighted by molar-refractivity contribution is 6.14. The van der Waals surface area contributed by atoms with Crippen molar-refractivity contribution in [2.24, 2.45) is 0 Å². The molecule has 4 rings (SSSR count). The van der Waals surface area contributed by atoms with Crippen LogP contribution < -0.4 is 10.6 Å². The number of nitrogens with two attached hydrogens (primary N) is 1. The molecule has 0 atom stereocenters. The predicted molar refractivity (Wildman–Crippen MR) is 117 cm³/mol. The molecule has 2 aliphatic rings. The van der Waals surface area contributed by atoms with Crippen molar-refractivity contribution >= 4 is 23.1 Å². The number of aromatic nitrogens is 1. The molecular weight excluding hydrogens is 380 g/mol. The maximum atomic E-state index is 12.5. The third kappa shape index (κ3) is 4.60. The molecule has 0 unspecified atom stereocenters. The minimum Gasteiger partial charge on any atom is -0.398 e. The Morgan fingerprint density at radius 2 is 1.80 bits per heavy atom. The molecule has 8 heteroatoms. The van der Waals surface area contributed by atoms with E-state index in [0.717, 1.165) is 43.1 Å². The molecule has 1 aromatic heterocycles. The number of rotatable bonds is 5. The topological polar surface area (TPSA) is 98.8 Å². The van der Waals surface area contributed by atoms with Crippen molar-refractivity contribution in [3.05, 3.63) is 53.7 Å². The summed E-state index contributed by atoms with van der Waals surface area (Å²) in [5, 5.41) is 8.54. The highest BCUT2D eigenvalue weighted by Gasteiger charge is 2.23. The summed E-state index contributed by atoms with van der Waals surface area (Å²) in [5.41, 5.74) is 8.55. The zero-order valence-electron chi connectivity index (χ0n) is 17.1. The Kier molecular flexibility index (Phi) is 6.25. The number of hydrogen-bond donors (Lipinski definition) is 2. The minimum absolute atomic E-state index is 0.181. The lowest BCUT2D eigenvalue weighted by Crippen LogP contribution is -2.51. The first kappa shape index (κ1) is 20.3. The number of nitrogens with zero attached hydrogens (tertiary/aromatic N) is 4. The molecular formula is C22H28N6O2. The average molecular weight is 409 g/mol. The normalized spacial score (nSPS) is 17.7. The lowest BCUT2D eigenvalue weighted by Gasteiger charge is -2.36. The molecule has 1 aromatic carbocycles. The van der Waals surface area contributed by atoms with Crippen molar-refractivity contribution in [2.45, 2.75) is 0 Å². The Balaban J connectivity index is 1.36. The molecule has 2 fully saturated rings. The first-order valence-corrected chi connectivity index (χ1v) is 10.3. The fourth-order valence-electron chi connectivity index (χ4n) is 3.87. The Morgan fingerprint density at radius 3 is 2.53 bits per heavy atom. The standard InChI is InChI=1S/C22H28N6O2/c23-19-4-2-1-3-18(19)22(24)17-5-6-25-20(15-17)27-9-7-26(8-10-27)16-21(29)28-11-13-30-14-12-28/h1-6,15,24H,7-14,16,23H2. The average Bonchev–Trinajstić information content (AvgIpc) is 2.80. The number of benzene rings is 1. The number of para-hydroxylation sites is 1. The van der Waals surface area contributed by atoms with Crippen molar-refractivity contribution < 1.29 is 9.53 Å². The lowest BCUT2D eigenvalue weighted by atomic mass is 10.0. The zero-order chi connectivity index (χ0) is 20.9. The molecule has 0 saturated carbocycles. The summed E-state index contributed by atoms with van der Waals surface area (Å²) in [6.07, 6.45) is 1.74. The van der Waals surface area contributed by atoms with Gasteiger partial charge in [-0.05, 0) is 18.2 Å². The Bertz CT molecular complexity index is 904. The Morgan fingerprint density at radius 1 is 1.07 bits per heavy atom. The lowest BCUT2D eigenvalue weighted by molar-refractivity contribution is -0.136. The molecule has 0 aliphatic carbocycles. The number of anilines is 2. The van der Waals surface area contributed by atoms with E-state index in [2.05, 4.69) is 14.8 Å². The van der Waals surface area contributed by atoms with Gasteiger partial charge in [-0.1, -0.05) is 18.2 Å². The van der Waals surface area contributed by atoms with Gasteiger partial charge in [0.05, 0.1) is 25.5 Å². The van der Waals surface area contributed by atoms with Crippen LogP contribution in [0.25, 0.3) is 0 Å². The number of ether oxygens (including phenoxy) is 1. The largest absolute Gasteiger partial charge is 0.398 e. The zero-order valence-corrected chi connectivity index (χ0v) is 17.1. The van der Waals surface area contributed by atoms with Crippen molar-refractivity contribution in [2.75, 3.05) is 69.7 Å². The highest BCUT2D eigenvalue weighted by atomic mass is 16.5. The van der Waals surface area contributed by atoms with Gasteiger partial charge in [-0.3, -0.25) is 15.1 Å². The van der Waals surface area contributed by atoms with E-state index in [1.165, 1.54) is 0 Å². The smallest absolute Gasteiger partial charge is 0.236 e. The van der Waals surface area contributed by atoms with Crippen LogP contribution in [0.5, 0.6) is 0 Å². The fraction of sp³-hybridized carbons (Fsp3) is 0.409. The van der Waals surface area contributed by atoms with Gasteiger partial charge in [0.15, 0.2) is 0 Å². The number of hydrogen-bond acceptors (Lipinski definition) is 7. The molecule has 2 aliphatic heterocycles. The quantitative estimate of drug-likeness (QED) is 0.567. The van der Waals surface area contributed by atoms with Gasteiger partial charge in [0.2, 0.25) is 5.91 Å². The number of amides is 1. The Labute approximate surface area is 176 Å². The summed E-state index contributed by atoms with van der Waals surface area (Å²) in [4.78, 5) is 23.3. The number of pyridine rings is 1. The summed E-state index contributed by atoms with van der Waals surface area (Å²) < 4.78 is 5.32. The van der Waals surface area contributed by atoms with Gasteiger partial charge in [-0.2, -0.15) is 0 Å². The maximum Gasteiger partial charge on any atom is 0.236 e. The second-order valence-electron chi connectivity index (χ2n) is 7.62. The van der Waals surface area contributed by atoms with Crippen LogP contribution in [0.3, 0.4) is 0 Å². The van der Waals surface area contributed by atoms with Crippen LogP contribution in [-0.4, -0.2) is 85.4 Å². The van der Waals surface area contributed by atoms with Crippen molar-refractivity contribution in [3.8, 4) is 0 Å². The van der Waals surface area contributed by atoms with Crippen molar-refractivity contribution in [3.63, 3.8) is 0 Å². The number of nitrogens with one attached hydrogen (secondary N) is 1. The van der Waals surface area contributed by atoms with Crippen LogP contribution in [0, 0.1) is 5.41 Å². The van der Waals surface area contributed by atoms with E-state index in [-0.39, 0.29) is 5.91 Å². The van der Waals surface area contributed by atoms with Gasteiger partial charge in [0.1, 0.15) is 5.82 Å². The van der Waals surface area contributed by atoms with Crippen LogP contribution in [0.4, 0.5) is 11.5 Å². The number of nitrogen functional groups attached to an aromatic ring is 1. The van der Waals surface area contributed by atoms with Gasteiger partial charge in [0, 0.05) is 62.3 Å². The maximum absolute atomic E-state index is 12.5. The van der Waals surface area contributed by atoms with E-state index in [9.17, 15) is 4.79 Å². The van der Waals surface area contributed by atoms with Crippen molar-refractivity contribution in [1.29, 1.82) is 5.41 Å². The first-order valence-electron chi connectivity index (χ1n) is 10.3.